The van der Waals surface area contributed by atoms with Crippen LogP contribution in [-0.2, 0) is 23.8 Å². The summed E-state index contributed by atoms with van der Waals surface area (Å²) in [6.45, 7) is 1.50. The molecule has 0 aromatic carbocycles. The fourth-order valence-corrected chi connectivity index (χ4v) is 3.27. The summed E-state index contributed by atoms with van der Waals surface area (Å²) in [6, 6.07) is 0. The molecule has 0 aliphatic heterocycles. The van der Waals surface area contributed by atoms with Crippen molar-refractivity contribution in [1.82, 2.24) is 0 Å². The van der Waals surface area contributed by atoms with Crippen LogP contribution < -0.4 is 0 Å². The molecule has 0 saturated heterocycles. The van der Waals surface area contributed by atoms with Gasteiger partial charge in [-0.3, -0.25) is 9.59 Å². The second-order valence-electron chi connectivity index (χ2n) is 4.75. The first-order valence-electron chi connectivity index (χ1n) is 5.88. The standard InChI is InChI=1S/C13H18O5/c1-8(14)10-7-9-5-6-12(10,16-2)13(17-3,18-4)11(9)15/h5-6,9-10H,7H2,1-4H3/t9-,10-,12-/m0/s1. The largest absolute Gasteiger partial charge is 0.367 e. The maximum absolute atomic E-state index is 12.4. The fraction of sp³-hybridized carbons (Fsp3) is 0.692. The van der Waals surface area contributed by atoms with E-state index in [-0.39, 0.29) is 17.5 Å². The number of hydrogen-bond acceptors (Lipinski definition) is 5. The lowest BCUT2D eigenvalue weighted by atomic mass is 9.60. The van der Waals surface area contributed by atoms with Gasteiger partial charge in [0, 0.05) is 27.2 Å². The highest BCUT2D eigenvalue weighted by Crippen LogP contribution is 2.51. The van der Waals surface area contributed by atoms with Gasteiger partial charge in [0.15, 0.2) is 5.60 Å². The van der Waals surface area contributed by atoms with Crippen LogP contribution >= 0.6 is 0 Å². The van der Waals surface area contributed by atoms with Crippen molar-refractivity contribution >= 4 is 11.6 Å². The molecule has 0 N–H and O–H groups in total. The van der Waals surface area contributed by atoms with E-state index in [4.69, 9.17) is 14.2 Å². The van der Waals surface area contributed by atoms with E-state index in [1.807, 2.05) is 0 Å². The number of fused-ring (bicyclic) bond motifs is 2. The van der Waals surface area contributed by atoms with E-state index in [2.05, 4.69) is 0 Å². The van der Waals surface area contributed by atoms with Crippen molar-refractivity contribution in [3.8, 4) is 0 Å². The molecule has 1 fully saturated rings. The zero-order chi connectivity index (χ0) is 13.6. The molecule has 0 radical (unpaired) electrons. The molecular weight excluding hydrogens is 236 g/mol. The molecule has 3 atom stereocenters. The number of carbonyl (C=O) groups is 2. The van der Waals surface area contributed by atoms with Gasteiger partial charge in [-0.2, -0.15) is 0 Å². The summed E-state index contributed by atoms with van der Waals surface area (Å²) in [4.78, 5) is 24.3. The van der Waals surface area contributed by atoms with Crippen molar-refractivity contribution in [2.24, 2.45) is 11.8 Å². The molecule has 0 unspecified atom stereocenters. The van der Waals surface area contributed by atoms with Crippen molar-refractivity contribution < 1.29 is 23.8 Å². The lowest BCUT2D eigenvalue weighted by Crippen LogP contribution is -2.72. The molecular formula is C13H18O5. The topological polar surface area (TPSA) is 61.8 Å². The smallest absolute Gasteiger partial charge is 0.263 e. The Morgan fingerprint density at radius 1 is 1.28 bits per heavy atom. The number of ketones is 2. The van der Waals surface area contributed by atoms with Gasteiger partial charge in [0.05, 0.1) is 5.92 Å². The van der Waals surface area contributed by atoms with E-state index >= 15 is 0 Å². The molecule has 0 spiro atoms. The molecule has 5 nitrogen and oxygen atoms in total. The van der Waals surface area contributed by atoms with Crippen molar-refractivity contribution in [3.63, 3.8) is 0 Å². The summed E-state index contributed by atoms with van der Waals surface area (Å²) >= 11 is 0. The normalized spacial score (nSPS) is 37.0. The first kappa shape index (κ1) is 13.4. The number of Topliss-reactive ketones (excluding diaryl/α,β-unsaturated/α-hetero) is 2. The monoisotopic (exact) mass is 254 g/mol. The molecule has 3 aliphatic carbocycles. The van der Waals surface area contributed by atoms with E-state index in [0.717, 1.165) is 0 Å². The quantitative estimate of drug-likeness (QED) is 0.546. The van der Waals surface area contributed by atoms with E-state index in [1.165, 1.54) is 28.3 Å². The summed E-state index contributed by atoms with van der Waals surface area (Å²) in [5.41, 5.74) is -1.17. The number of rotatable bonds is 4. The Labute approximate surface area is 106 Å². The predicted octanol–water partition coefficient (Wildman–Crippen LogP) is 0.725. The van der Waals surface area contributed by atoms with Crippen LogP contribution in [-0.4, -0.2) is 44.3 Å². The first-order chi connectivity index (χ1) is 8.49. The van der Waals surface area contributed by atoms with Gasteiger partial charge in [-0.15, -0.1) is 0 Å². The third kappa shape index (κ3) is 1.32. The Bertz CT molecular complexity index is 410. The van der Waals surface area contributed by atoms with Gasteiger partial charge in [0.25, 0.3) is 5.79 Å². The van der Waals surface area contributed by atoms with Gasteiger partial charge in [-0.1, -0.05) is 6.08 Å². The second-order valence-corrected chi connectivity index (χ2v) is 4.75. The highest BCUT2D eigenvalue weighted by atomic mass is 16.7. The van der Waals surface area contributed by atoms with E-state index < -0.39 is 17.3 Å². The minimum atomic E-state index is -1.53. The van der Waals surface area contributed by atoms with Gasteiger partial charge in [-0.05, 0) is 19.4 Å². The SMILES string of the molecule is COC1(OC)C(=O)[C@H]2C=C[C@]1(OC)[C@H](C(C)=O)C2. The van der Waals surface area contributed by atoms with E-state index in [1.54, 1.807) is 12.2 Å². The van der Waals surface area contributed by atoms with Crippen LogP contribution in [0.2, 0.25) is 0 Å². The van der Waals surface area contributed by atoms with Crippen LogP contribution in [0.5, 0.6) is 0 Å². The lowest BCUT2D eigenvalue weighted by molar-refractivity contribution is -0.299. The van der Waals surface area contributed by atoms with Gasteiger partial charge in [0.1, 0.15) is 5.78 Å². The maximum Gasteiger partial charge on any atom is 0.263 e. The number of allylic oxidation sites excluding steroid dienone is 1. The third-order valence-electron chi connectivity index (χ3n) is 4.16. The van der Waals surface area contributed by atoms with Crippen molar-refractivity contribution in [1.29, 1.82) is 0 Å². The molecule has 100 valence electrons. The number of hydrogen-bond donors (Lipinski definition) is 0. The summed E-state index contributed by atoms with van der Waals surface area (Å²) in [5, 5.41) is 0. The van der Waals surface area contributed by atoms with Gasteiger partial charge in [-0.25, -0.2) is 0 Å². The van der Waals surface area contributed by atoms with Gasteiger partial charge >= 0.3 is 0 Å². The highest BCUT2D eigenvalue weighted by Gasteiger charge is 2.69. The minimum absolute atomic E-state index is 0.0304. The van der Waals surface area contributed by atoms with Crippen molar-refractivity contribution in [2.75, 3.05) is 21.3 Å². The molecule has 0 aromatic rings. The average molecular weight is 254 g/mol. The molecule has 0 aromatic heterocycles. The summed E-state index contributed by atoms with van der Waals surface area (Å²) in [7, 11) is 4.26. The molecule has 3 rings (SSSR count). The van der Waals surface area contributed by atoms with E-state index in [9.17, 15) is 9.59 Å². The Balaban J connectivity index is 2.63. The highest BCUT2D eigenvalue weighted by molar-refractivity contribution is 5.97. The molecule has 1 saturated carbocycles. The van der Waals surface area contributed by atoms with Crippen molar-refractivity contribution in [3.05, 3.63) is 12.2 Å². The van der Waals surface area contributed by atoms with Crippen molar-refractivity contribution in [2.45, 2.75) is 24.7 Å². The Hall–Kier alpha value is -1.04. The summed E-state index contributed by atoms with van der Waals surface area (Å²) in [6.07, 6.45) is 3.97. The summed E-state index contributed by atoms with van der Waals surface area (Å²) < 4.78 is 16.2. The third-order valence-corrected chi connectivity index (χ3v) is 4.16. The Morgan fingerprint density at radius 2 is 1.89 bits per heavy atom. The zero-order valence-electron chi connectivity index (χ0n) is 11.1. The minimum Gasteiger partial charge on any atom is -0.367 e. The molecule has 0 amide bonds. The van der Waals surface area contributed by atoms with Gasteiger partial charge < -0.3 is 14.2 Å². The van der Waals surface area contributed by atoms with Crippen LogP contribution in [0, 0.1) is 11.8 Å². The average Bonchev–Trinajstić information content (AvgIpc) is 2.39. The second kappa shape index (κ2) is 4.26. The Kier molecular flexibility index (Phi) is 3.17. The Morgan fingerprint density at radius 3 is 2.33 bits per heavy atom. The molecule has 2 bridgehead atoms. The van der Waals surface area contributed by atoms with Crippen LogP contribution in [0.1, 0.15) is 13.3 Å². The van der Waals surface area contributed by atoms with Crippen LogP contribution in [0.15, 0.2) is 12.2 Å². The van der Waals surface area contributed by atoms with Gasteiger partial charge in [0.2, 0.25) is 5.78 Å². The molecule has 18 heavy (non-hydrogen) atoms. The molecule has 3 aliphatic rings. The first-order valence-corrected chi connectivity index (χ1v) is 5.88. The molecule has 0 heterocycles. The maximum atomic E-state index is 12.4. The number of ether oxygens (including phenoxy) is 3. The van der Waals surface area contributed by atoms with Crippen LogP contribution in [0.25, 0.3) is 0 Å². The zero-order valence-corrected chi connectivity index (χ0v) is 11.1. The van der Waals surface area contributed by atoms with E-state index in [0.29, 0.717) is 6.42 Å². The number of carbonyl (C=O) groups excluding carboxylic acids is 2. The predicted molar refractivity (Wildman–Crippen MR) is 62.9 cm³/mol. The summed E-state index contributed by atoms with van der Waals surface area (Å²) in [5.74, 6) is -2.53. The number of methoxy groups -OCH3 is 3. The van der Waals surface area contributed by atoms with Crippen LogP contribution in [0.4, 0.5) is 0 Å². The fourth-order valence-electron chi connectivity index (χ4n) is 3.27. The lowest BCUT2D eigenvalue weighted by Gasteiger charge is -2.55. The van der Waals surface area contributed by atoms with Crippen LogP contribution in [0.3, 0.4) is 0 Å². The molecule has 5 heteroatoms.